The van der Waals surface area contributed by atoms with Crippen LogP contribution in [0.2, 0.25) is 10.0 Å². The summed E-state index contributed by atoms with van der Waals surface area (Å²) >= 11 is 12.0. The van der Waals surface area contributed by atoms with Gasteiger partial charge in [0, 0.05) is 33.6 Å². The Balaban J connectivity index is 0.000000240. The van der Waals surface area contributed by atoms with E-state index in [1.54, 1.807) is 48.8 Å². The number of phenols is 2. The lowest BCUT2D eigenvalue weighted by Crippen LogP contribution is -1.95. The van der Waals surface area contributed by atoms with Crippen LogP contribution < -0.4 is 0 Å². The van der Waals surface area contributed by atoms with Crippen molar-refractivity contribution in [1.82, 2.24) is 0 Å². The quantitative estimate of drug-likeness (QED) is 0.190. The summed E-state index contributed by atoms with van der Waals surface area (Å²) in [5, 5.41) is 21.0. The molecule has 0 heterocycles. The van der Waals surface area contributed by atoms with Gasteiger partial charge in [0.05, 0.1) is 11.4 Å². The minimum absolute atomic E-state index is 0.182. The molecule has 0 atom stereocenters. The zero-order chi connectivity index (χ0) is 32.6. The van der Waals surface area contributed by atoms with E-state index in [4.69, 9.17) is 23.2 Å². The van der Waals surface area contributed by atoms with Crippen LogP contribution in [0.25, 0.3) is 0 Å². The Bertz CT molecular complexity index is 1450. The standard InChI is InChI=1S/2C19H22ClNO/c2*1-12(2)16-6-5-7-17(13(3)4)19(16)21-11-14-10-15(20)8-9-18(14)22/h2*5-13,22H,1-4H3. The fourth-order valence-corrected chi connectivity index (χ4v) is 5.21. The van der Waals surface area contributed by atoms with Gasteiger partial charge in [-0.05, 0) is 82.3 Å². The Morgan fingerprint density at radius 3 is 1.07 bits per heavy atom. The van der Waals surface area contributed by atoms with Crippen LogP contribution in [0, 0.1) is 0 Å². The number of rotatable bonds is 8. The summed E-state index contributed by atoms with van der Waals surface area (Å²) in [6.07, 6.45) is 3.38. The average Bonchev–Trinajstić information content (AvgIpc) is 2.97. The monoisotopic (exact) mass is 630 g/mol. The number of nitrogens with zero attached hydrogens (tertiary/aromatic N) is 2. The van der Waals surface area contributed by atoms with Crippen molar-refractivity contribution in [2.45, 2.75) is 79.1 Å². The third-order valence-corrected chi connectivity index (χ3v) is 7.80. The summed E-state index contributed by atoms with van der Waals surface area (Å²) < 4.78 is 0. The second-order valence-electron chi connectivity index (χ2n) is 12.1. The number of phenolic OH excluding ortho intramolecular Hbond substituents is 2. The molecule has 4 rings (SSSR count). The molecule has 232 valence electrons. The van der Waals surface area contributed by atoms with Gasteiger partial charge in [-0.25, -0.2) is 0 Å². The maximum atomic E-state index is 9.92. The average molecular weight is 632 g/mol. The van der Waals surface area contributed by atoms with Crippen molar-refractivity contribution in [3.63, 3.8) is 0 Å². The normalized spacial score (nSPS) is 11.8. The molecule has 4 aromatic rings. The molecule has 6 heteroatoms. The smallest absolute Gasteiger partial charge is 0.124 e. The van der Waals surface area contributed by atoms with Crippen molar-refractivity contribution in [3.05, 3.63) is 116 Å². The van der Waals surface area contributed by atoms with E-state index >= 15 is 0 Å². The van der Waals surface area contributed by atoms with Crippen LogP contribution in [-0.4, -0.2) is 22.6 Å². The lowest BCUT2D eigenvalue weighted by Gasteiger charge is -2.16. The van der Waals surface area contributed by atoms with Crippen LogP contribution in [0.4, 0.5) is 11.4 Å². The first-order valence-electron chi connectivity index (χ1n) is 15.1. The third-order valence-electron chi connectivity index (χ3n) is 7.33. The first-order chi connectivity index (χ1) is 20.8. The molecule has 0 unspecified atom stereocenters. The summed E-state index contributed by atoms with van der Waals surface area (Å²) in [6.45, 7) is 17.3. The molecule has 0 aromatic heterocycles. The zero-order valence-electron chi connectivity index (χ0n) is 26.9. The fraction of sp³-hybridized carbons (Fsp3) is 0.316. The van der Waals surface area contributed by atoms with Crippen LogP contribution in [0.3, 0.4) is 0 Å². The molecule has 0 bridgehead atoms. The molecule has 0 aliphatic rings. The fourth-order valence-electron chi connectivity index (χ4n) is 4.85. The van der Waals surface area contributed by atoms with Gasteiger partial charge in [0.15, 0.2) is 0 Å². The van der Waals surface area contributed by atoms with Crippen molar-refractivity contribution in [2.24, 2.45) is 9.98 Å². The maximum Gasteiger partial charge on any atom is 0.124 e. The summed E-state index contributed by atoms with van der Waals surface area (Å²) in [7, 11) is 0. The molecule has 0 radical (unpaired) electrons. The van der Waals surface area contributed by atoms with Gasteiger partial charge in [-0.15, -0.1) is 0 Å². The van der Waals surface area contributed by atoms with E-state index in [9.17, 15) is 10.2 Å². The molecule has 44 heavy (non-hydrogen) atoms. The molecule has 2 N–H and O–H groups in total. The van der Waals surface area contributed by atoms with E-state index in [1.165, 1.54) is 22.3 Å². The number of aliphatic imine (C=N–C) groups is 2. The number of para-hydroxylation sites is 2. The Hall–Kier alpha value is -3.60. The van der Waals surface area contributed by atoms with E-state index in [1.807, 2.05) is 0 Å². The van der Waals surface area contributed by atoms with Crippen LogP contribution in [0.5, 0.6) is 11.5 Å². The Kier molecular flexibility index (Phi) is 12.6. The highest BCUT2D eigenvalue weighted by atomic mass is 35.5. The summed E-state index contributed by atoms with van der Waals surface area (Å²) in [5.41, 5.74) is 8.08. The van der Waals surface area contributed by atoms with Gasteiger partial charge in [0.2, 0.25) is 0 Å². The first kappa shape index (κ1) is 34.9. The first-order valence-corrected chi connectivity index (χ1v) is 15.9. The van der Waals surface area contributed by atoms with Crippen LogP contribution in [-0.2, 0) is 0 Å². The largest absolute Gasteiger partial charge is 0.507 e. The Morgan fingerprint density at radius 2 is 0.795 bits per heavy atom. The van der Waals surface area contributed by atoms with Crippen LogP contribution in [0.15, 0.2) is 82.8 Å². The van der Waals surface area contributed by atoms with Gasteiger partial charge in [0.1, 0.15) is 11.5 Å². The van der Waals surface area contributed by atoms with Crippen molar-refractivity contribution < 1.29 is 10.2 Å². The van der Waals surface area contributed by atoms with E-state index < -0.39 is 0 Å². The Labute approximate surface area is 273 Å². The second-order valence-corrected chi connectivity index (χ2v) is 13.0. The van der Waals surface area contributed by atoms with Crippen molar-refractivity contribution in [2.75, 3.05) is 0 Å². The lowest BCUT2D eigenvalue weighted by molar-refractivity contribution is 0.474. The van der Waals surface area contributed by atoms with E-state index in [0.29, 0.717) is 44.8 Å². The van der Waals surface area contributed by atoms with Crippen molar-refractivity contribution >= 4 is 47.0 Å². The van der Waals surface area contributed by atoms with Crippen molar-refractivity contribution in [1.29, 1.82) is 0 Å². The molecular weight excluding hydrogens is 587 g/mol. The van der Waals surface area contributed by atoms with Gasteiger partial charge in [-0.3, -0.25) is 9.98 Å². The van der Waals surface area contributed by atoms with Gasteiger partial charge < -0.3 is 10.2 Å². The molecule has 0 amide bonds. The lowest BCUT2D eigenvalue weighted by atomic mass is 9.93. The van der Waals surface area contributed by atoms with Crippen LogP contribution >= 0.6 is 23.2 Å². The molecule has 0 spiro atoms. The minimum atomic E-state index is 0.182. The highest BCUT2D eigenvalue weighted by Gasteiger charge is 2.14. The van der Waals surface area contributed by atoms with E-state index in [2.05, 4.69) is 102 Å². The molecule has 4 aromatic carbocycles. The highest BCUT2D eigenvalue weighted by molar-refractivity contribution is 6.31. The molecule has 0 saturated carbocycles. The number of benzene rings is 4. The SMILES string of the molecule is CC(C)c1cccc(C(C)C)c1N=Cc1cc(Cl)ccc1O.CC(C)c1cccc(C(C)C)c1N=Cc1cc(Cl)ccc1O. The third kappa shape index (κ3) is 9.20. The zero-order valence-corrected chi connectivity index (χ0v) is 28.4. The molecule has 4 nitrogen and oxygen atoms in total. The molecule has 0 aliphatic heterocycles. The van der Waals surface area contributed by atoms with Gasteiger partial charge in [-0.1, -0.05) is 115 Å². The van der Waals surface area contributed by atoms with Crippen molar-refractivity contribution in [3.8, 4) is 11.5 Å². The van der Waals surface area contributed by atoms with Gasteiger partial charge >= 0.3 is 0 Å². The van der Waals surface area contributed by atoms with E-state index in [-0.39, 0.29) is 11.5 Å². The van der Waals surface area contributed by atoms with Crippen LogP contribution in [0.1, 0.15) is 112 Å². The summed E-state index contributed by atoms with van der Waals surface area (Å²) in [5.74, 6) is 1.91. The highest BCUT2D eigenvalue weighted by Crippen LogP contribution is 2.36. The molecular formula is C38H44Cl2N2O2. The van der Waals surface area contributed by atoms with E-state index in [0.717, 1.165) is 11.4 Å². The second kappa shape index (κ2) is 15.9. The molecule has 0 saturated heterocycles. The number of halogens is 2. The number of aromatic hydroxyl groups is 2. The number of hydrogen-bond donors (Lipinski definition) is 2. The minimum Gasteiger partial charge on any atom is -0.507 e. The predicted octanol–water partition coefficient (Wildman–Crippen LogP) is 12.1. The topological polar surface area (TPSA) is 65.2 Å². The molecule has 0 aliphatic carbocycles. The maximum absolute atomic E-state index is 9.92. The summed E-state index contributed by atoms with van der Waals surface area (Å²) in [4.78, 5) is 9.35. The predicted molar refractivity (Wildman–Crippen MR) is 190 cm³/mol. The van der Waals surface area contributed by atoms with Gasteiger partial charge in [0.25, 0.3) is 0 Å². The Morgan fingerprint density at radius 1 is 0.500 bits per heavy atom. The number of hydrogen-bond acceptors (Lipinski definition) is 4. The molecule has 0 fully saturated rings. The summed E-state index contributed by atoms with van der Waals surface area (Å²) in [6, 6.07) is 22.5. The van der Waals surface area contributed by atoms with Gasteiger partial charge in [-0.2, -0.15) is 0 Å².